The van der Waals surface area contributed by atoms with Gasteiger partial charge in [0.05, 0.1) is 54.3 Å². The summed E-state index contributed by atoms with van der Waals surface area (Å²) in [6.45, 7) is 3.95. The van der Waals surface area contributed by atoms with Gasteiger partial charge in [-0.1, -0.05) is 42.5 Å². The van der Waals surface area contributed by atoms with E-state index in [0.29, 0.717) is 31.5 Å². The van der Waals surface area contributed by atoms with E-state index in [9.17, 15) is 9.59 Å². The molecule has 1 saturated heterocycles. The van der Waals surface area contributed by atoms with E-state index in [1.165, 1.54) is 12.7 Å². The number of hydrogen-bond acceptors (Lipinski definition) is 6. The number of carbonyl (C=O) groups excluding carboxylic acids is 2. The molecule has 198 valence electrons. The Morgan fingerprint density at radius 3 is 2.53 bits per heavy atom. The highest BCUT2D eigenvalue weighted by molar-refractivity contribution is 5.81. The fraction of sp³-hybridized carbons (Fsp3) is 0.400. The zero-order valence-corrected chi connectivity index (χ0v) is 22.0. The number of methoxy groups -OCH3 is 1. The minimum absolute atomic E-state index is 0.0996. The third-order valence-electron chi connectivity index (χ3n) is 7.35. The fourth-order valence-corrected chi connectivity index (χ4v) is 5.30. The maximum Gasteiger partial charge on any atom is 0.309 e. The summed E-state index contributed by atoms with van der Waals surface area (Å²) in [6.07, 6.45) is 6.17. The number of aryl methyl sites for hydroxylation is 1. The molecule has 2 heterocycles. The number of nitrogens with one attached hydrogen (secondary N) is 2. The van der Waals surface area contributed by atoms with Crippen molar-refractivity contribution in [1.82, 2.24) is 20.2 Å². The molecular weight excluding hydrogens is 478 g/mol. The van der Waals surface area contributed by atoms with Crippen LogP contribution >= 0.6 is 0 Å². The molecule has 0 radical (unpaired) electrons. The number of esters is 1. The summed E-state index contributed by atoms with van der Waals surface area (Å²) in [4.78, 5) is 35.8. The van der Waals surface area contributed by atoms with Crippen LogP contribution in [0.25, 0.3) is 0 Å². The first-order valence-electron chi connectivity index (χ1n) is 13.0. The van der Waals surface area contributed by atoms with Gasteiger partial charge < -0.3 is 19.9 Å². The van der Waals surface area contributed by atoms with E-state index in [-0.39, 0.29) is 23.7 Å². The van der Waals surface area contributed by atoms with Crippen molar-refractivity contribution in [2.24, 2.45) is 11.8 Å². The number of nitrogens with zero attached hydrogens (tertiary/aromatic N) is 3. The lowest BCUT2D eigenvalue weighted by Gasteiger charge is -2.38. The minimum Gasteiger partial charge on any atom is -0.469 e. The molecule has 2 N–H and O–H groups in total. The third kappa shape index (κ3) is 6.87. The minimum atomic E-state index is -0.752. The molecule has 3 aromatic rings. The maximum atomic E-state index is 13.7. The van der Waals surface area contributed by atoms with Crippen LogP contribution in [0.5, 0.6) is 0 Å². The number of amides is 1. The fourth-order valence-electron chi connectivity index (χ4n) is 5.30. The van der Waals surface area contributed by atoms with E-state index in [1.807, 2.05) is 37.3 Å². The number of imidazole rings is 1. The highest BCUT2D eigenvalue weighted by atomic mass is 16.5. The van der Waals surface area contributed by atoms with Gasteiger partial charge in [-0.25, -0.2) is 4.98 Å². The van der Waals surface area contributed by atoms with E-state index < -0.39 is 5.54 Å². The molecular formula is C30H35N5O3. The van der Waals surface area contributed by atoms with Gasteiger partial charge in [-0.3, -0.25) is 9.59 Å². The smallest absolute Gasteiger partial charge is 0.309 e. The van der Waals surface area contributed by atoms with E-state index >= 15 is 0 Å². The molecule has 1 aliphatic heterocycles. The van der Waals surface area contributed by atoms with Crippen LogP contribution in [0.1, 0.15) is 42.1 Å². The summed E-state index contributed by atoms with van der Waals surface area (Å²) < 4.78 is 5.06. The van der Waals surface area contributed by atoms with E-state index in [0.717, 1.165) is 30.6 Å². The predicted molar refractivity (Wildman–Crippen MR) is 144 cm³/mol. The van der Waals surface area contributed by atoms with Crippen molar-refractivity contribution in [2.75, 3.05) is 26.7 Å². The van der Waals surface area contributed by atoms with Crippen molar-refractivity contribution in [3.8, 4) is 6.07 Å². The summed E-state index contributed by atoms with van der Waals surface area (Å²) in [5.41, 5.74) is 2.89. The molecule has 0 bridgehead atoms. The molecule has 8 heteroatoms. The SMILES string of the molecule is COC(=O)[C@@H]1C[C@H](C(=O)NC(C)(Cc2ccc(C#N)cc2)c2cnc[nH]2)CN(CCCc2ccccc2)C1. The normalized spacial score (nSPS) is 19.2. The van der Waals surface area contributed by atoms with Crippen LogP contribution in [-0.2, 0) is 32.7 Å². The van der Waals surface area contributed by atoms with E-state index in [2.05, 4.69) is 38.4 Å². The summed E-state index contributed by atoms with van der Waals surface area (Å²) in [7, 11) is 1.40. The largest absolute Gasteiger partial charge is 0.469 e. The highest BCUT2D eigenvalue weighted by Crippen LogP contribution is 2.28. The van der Waals surface area contributed by atoms with Crippen LogP contribution in [0.4, 0.5) is 0 Å². The second-order valence-corrected chi connectivity index (χ2v) is 10.3. The number of rotatable bonds is 10. The number of benzene rings is 2. The average Bonchev–Trinajstić information content (AvgIpc) is 3.50. The van der Waals surface area contributed by atoms with Crippen LogP contribution in [0.2, 0.25) is 0 Å². The molecule has 3 atom stereocenters. The number of H-pyrrole nitrogens is 1. The van der Waals surface area contributed by atoms with Crippen molar-refractivity contribution < 1.29 is 14.3 Å². The van der Waals surface area contributed by atoms with Crippen LogP contribution in [-0.4, -0.2) is 53.5 Å². The van der Waals surface area contributed by atoms with Gasteiger partial charge in [0.25, 0.3) is 0 Å². The Morgan fingerprint density at radius 1 is 1.13 bits per heavy atom. The molecule has 2 aromatic carbocycles. The number of carbonyl (C=O) groups is 2. The third-order valence-corrected chi connectivity index (χ3v) is 7.35. The lowest BCUT2D eigenvalue weighted by molar-refractivity contribution is -0.149. The van der Waals surface area contributed by atoms with Gasteiger partial charge in [0.15, 0.2) is 0 Å². The Morgan fingerprint density at radius 2 is 1.87 bits per heavy atom. The van der Waals surface area contributed by atoms with Gasteiger partial charge >= 0.3 is 5.97 Å². The van der Waals surface area contributed by atoms with Crippen molar-refractivity contribution in [3.63, 3.8) is 0 Å². The number of likely N-dealkylation sites (tertiary alicyclic amines) is 1. The van der Waals surface area contributed by atoms with Gasteiger partial charge in [-0.05, 0) is 56.0 Å². The quantitative estimate of drug-likeness (QED) is 0.401. The van der Waals surface area contributed by atoms with Crippen LogP contribution in [0.3, 0.4) is 0 Å². The second-order valence-electron chi connectivity index (χ2n) is 10.3. The Balaban J connectivity index is 1.47. The summed E-state index contributed by atoms with van der Waals surface area (Å²) >= 11 is 0. The number of hydrogen-bond donors (Lipinski definition) is 2. The first-order chi connectivity index (χ1) is 18.4. The van der Waals surface area contributed by atoms with E-state index in [1.54, 1.807) is 24.7 Å². The average molecular weight is 514 g/mol. The van der Waals surface area contributed by atoms with E-state index in [4.69, 9.17) is 10.00 Å². The topological polar surface area (TPSA) is 111 Å². The Kier molecular flexibility index (Phi) is 8.93. The molecule has 1 fully saturated rings. The molecule has 0 spiro atoms. The molecule has 0 aliphatic carbocycles. The van der Waals surface area contributed by atoms with Crippen molar-refractivity contribution >= 4 is 11.9 Å². The molecule has 0 saturated carbocycles. The predicted octanol–water partition coefficient (Wildman–Crippen LogP) is 3.60. The molecule has 8 nitrogen and oxygen atoms in total. The molecule has 4 rings (SSSR count). The number of piperidine rings is 1. The maximum absolute atomic E-state index is 13.7. The van der Waals surface area contributed by atoms with Crippen molar-refractivity contribution in [2.45, 2.75) is 38.1 Å². The lowest BCUT2D eigenvalue weighted by Crippen LogP contribution is -2.53. The van der Waals surface area contributed by atoms with Crippen LogP contribution < -0.4 is 5.32 Å². The number of ether oxygens (including phenoxy) is 1. The Hall–Kier alpha value is -3.96. The first kappa shape index (κ1) is 27.1. The number of nitriles is 1. The highest BCUT2D eigenvalue weighted by Gasteiger charge is 2.39. The monoisotopic (exact) mass is 513 g/mol. The lowest BCUT2D eigenvalue weighted by atomic mass is 9.85. The zero-order valence-electron chi connectivity index (χ0n) is 22.0. The Labute approximate surface area is 224 Å². The Bertz CT molecular complexity index is 1240. The standard InChI is InChI=1S/C30H35N5O3/c1-30(27-18-32-21-33-27,16-23-10-12-24(17-31)13-11-23)34-28(36)25-15-26(29(37)38-2)20-35(19-25)14-6-9-22-7-4-3-5-8-22/h3-5,7-8,10-13,18,21,25-26H,6,9,14-16,19-20H2,1-2H3,(H,32,33)(H,34,36)/t25-,26+,30?/m0/s1. The van der Waals surface area contributed by atoms with Gasteiger partial charge in [0.2, 0.25) is 5.91 Å². The molecule has 1 aromatic heterocycles. The van der Waals surface area contributed by atoms with Gasteiger partial charge in [-0.15, -0.1) is 0 Å². The molecule has 38 heavy (non-hydrogen) atoms. The second kappa shape index (κ2) is 12.5. The van der Waals surface area contributed by atoms with Crippen molar-refractivity contribution in [3.05, 3.63) is 89.5 Å². The number of aromatic amines is 1. The summed E-state index contributed by atoms with van der Waals surface area (Å²) in [5, 5.41) is 12.4. The van der Waals surface area contributed by atoms with Crippen LogP contribution in [0, 0.1) is 23.2 Å². The summed E-state index contributed by atoms with van der Waals surface area (Å²) in [6, 6.07) is 19.8. The molecule has 1 amide bonds. The van der Waals surface area contributed by atoms with Crippen LogP contribution in [0.15, 0.2) is 67.1 Å². The molecule has 1 aliphatic rings. The van der Waals surface area contributed by atoms with Gasteiger partial charge in [-0.2, -0.15) is 5.26 Å². The number of aromatic nitrogens is 2. The first-order valence-corrected chi connectivity index (χ1v) is 13.0. The van der Waals surface area contributed by atoms with Gasteiger partial charge in [0, 0.05) is 19.5 Å². The molecule has 1 unspecified atom stereocenters. The summed E-state index contributed by atoms with van der Waals surface area (Å²) in [5.74, 6) is -1.08. The van der Waals surface area contributed by atoms with Gasteiger partial charge in [0.1, 0.15) is 0 Å². The zero-order chi connectivity index (χ0) is 27.0. The van der Waals surface area contributed by atoms with Crippen molar-refractivity contribution in [1.29, 1.82) is 5.26 Å².